The smallest absolute Gasteiger partial charge is 0.0348 e. The van der Waals surface area contributed by atoms with Crippen LogP contribution in [0, 0.1) is 0 Å². The van der Waals surface area contributed by atoms with E-state index < -0.39 is 0 Å². The quantitative estimate of drug-likeness (QED) is 0.226. The molecule has 0 heteroatoms. The van der Waals surface area contributed by atoms with Crippen molar-refractivity contribution >= 4 is 0 Å². The summed E-state index contributed by atoms with van der Waals surface area (Å²) in [4.78, 5) is 0. The van der Waals surface area contributed by atoms with Gasteiger partial charge in [-0.05, 0) is 26.2 Å². The zero-order valence-corrected chi connectivity index (χ0v) is 14.0. The van der Waals surface area contributed by atoms with Crippen LogP contribution in [0.15, 0.2) is 11.6 Å². The fourth-order valence-corrected chi connectivity index (χ4v) is 2.48. The molecule has 0 spiro atoms. The number of hydrogen-bond donors (Lipinski definition) is 0. The average molecular weight is 267 g/mol. The molecule has 0 aliphatic heterocycles. The van der Waals surface area contributed by atoms with Crippen molar-refractivity contribution in [1.29, 1.82) is 0 Å². The van der Waals surface area contributed by atoms with Crippen molar-refractivity contribution in [3.8, 4) is 0 Å². The molecule has 0 aromatic heterocycles. The number of unbranched alkanes of at least 4 members (excludes halogenated alkanes) is 12. The lowest BCUT2D eigenvalue weighted by Crippen LogP contribution is -1.82. The maximum absolute atomic E-state index is 2.43. The van der Waals surface area contributed by atoms with E-state index in [0.717, 1.165) is 0 Å². The molecule has 0 rings (SSSR count). The molecule has 0 amide bonds. The van der Waals surface area contributed by atoms with Crippen molar-refractivity contribution in [3.05, 3.63) is 11.6 Å². The third-order valence-corrected chi connectivity index (χ3v) is 4.11. The first kappa shape index (κ1) is 18.7. The average Bonchev–Trinajstić information content (AvgIpc) is 2.43. The maximum atomic E-state index is 2.43. The molecule has 0 fully saturated rings. The fourth-order valence-electron chi connectivity index (χ4n) is 2.48. The van der Waals surface area contributed by atoms with E-state index in [2.05, 4.69) is 26.8 Å². The Bertz CT molecular complexity index is 190. The van der Waals surface area contributed by atoms with Gasteiger partial charge in [0, 0.05) is 0 Å². The summed E-state index contributed by atoms with van der Waals surface area (Å²) in [6.45, 7) is 6.79. The van der Waals surface area contributed by atoms with E-state index >= 15 is 0 Å². The summed E-state index contributed by atoms with van der Waals surface area (Å²) in [6, 6.07) is 0. The van der Waals surface area contributed by atoms with Gasteiger partial charge >= 0.3 is 0 Å². The highest BCUT2D eigenvalue weighted by atomic mass is 14.0. The van der Waals surface area contributed by atoms with Gasteiger partial charge in [-0.2, -0.15) is 0 Å². The van der Waals surface area contributed by atoms with Crippen molar-refractivity contribution in [2.45, 2.75) is 111 Å². The molecular formula is C19H38. The maximum Gasteiger partial charge on any atom is -0.0348 e. The largest absolute Gasteiger partial charge is 0.0856 e. The third-order valence-electron chi connectivity index (χ3n) is 4.11. The summed E-state index contributed by atoms with van der Waals surface area (Å²) in [7, 11) is 0. The highest BCUT2D eigenvalue weighted by Crippen LogP contribution is 2.13. The van der Waals surface area contributed by atoms with Gasteiger partial charge < -0.3 is 0 Å². The van der Waals surface area contributed by atoms with Crippen LogP contribution in [0.4, 0.5) is 0 Å². The Kier molecular flexibility index (Phi) is 15.6. The van der Waals surface area contributed by atoms with E-state index in [9.17, 15) is 0 Å². The zero-order chi connectivity index (χ0) is 14.2. The molecule has 0 heterocycles. The lowest BCUT2D eigenvalue weighted by molar-refractivity contribution is 0.544. The molecule has 0 atom stereocenters. The monoisotopic (exact) mass is 266 g/mol. The Morgan fingerprint density at radius 3 is 1.47 bits per heavy atom. The Morgan fingerprint density at radius 1 is 0.632 bits per heavy atom. The second-order valence-electron chi connectivity index (χ2n) is 6.08. The summed E-state index contributed by atoms with van der Waals surface area (Å²) in [5.74, 6) is 0. The van der Waals surface area contributed by atoms with Gasteiger partial charge in [0.2, 0.25) is 0 Å². The molecule has 19 heavy (non-hydrogen) atoms. The first-order valence-corrected chi connectivity index (χ1v) is 8.96. The van der Waals surface area contributed by atoms with Crippen molar-refractivity contribution in [2.24, 2.45) is 0 Å². The third kappa shape index (κ3) is 15.7. The Morgan fingerprint density at radius 2 is 1.05 bits per heavy atom. The highest BCUT2D eigenvalue weighted by molar-refractivity contribution is 4.96. The van der Waals surface area contributed by atoms with Crippen molar-refractivity contribution < 1.29 is 0 Å². The molecule has 0 saturated carbocycles. The van der Waals surface area contributed by atoms with Crippen LogP contribution in [0.1, 0.15) is 111 Å². The van der Waals surface area contributed by atoms with E-state index in [-0.39, 0.29) is 0 Å². The predicted molar refractivity (Wildman–Crippen MR) is 89.7 cm³/mol. The molecule has 0 saturated heterocycles. The van der Waals surface area contributed by atoms with Gasteiger partial charge in [-0.15, -0.1) is 0 Å². The number of allylic oxidation sites excluding steroid dienone is 2. The first-order chi connectivity index (χ1) is 9.31. The molecule has 0 radical (unpaired) electrons. The van der Waals surface area contributed by atoms with Gasteiger partial charge in [-0.3, -0.25) is 0 Å². The van der Waals surface area contributed by atoms with Gasteiger partial charge in [-0.25, -0.2) is 0 Å². The van der Waals surface area contributed by atoms with Crippen molar-refractivity contribution in [1.82, 2.24) is 0 Å². The molecule has 0 aliphatic rings. The normalized spacial score (nSPS) is 12.1. The first-order valence-electron chi connectivity index (χ1n) is 8.96. The fraction of sp³-hybridized carbons (Fsp3) is 0.895. The van der Waals surface area contributed by atoms with E-state index in [1.54, 1.807) is 5.57 Å². The molecule has 0 bridgehead atoms. The minimum atomic E-state index is 1.22. The topological polar surface area (TPSA) is 0 Å². The van der Waals surface area contributed by atoms with E-state index in [1.165, 1.54) is 89.9 Å². The van der Waals surface area contributed by atoms with Crippen LogP contribution in [-0.2, 0) is 0 Å². The molecule has 0 nitrogen and oxygen atoms in total. The van der Waals surface area contributed by atoms with Crippen LogP contribution in [-0.4, -0.2) is 0 Å². The van der Waals surface area contributed by atoms with Crippen LogP contribution in [0.5, 0.6) is 0 Å². The molecule has 0 aliphatic carbocycles. The van der Waals surface area contributed by atoms with Crippen LogP contribution >= 0.6 is 0 Å². The Labute approximate surface area is 123 Å². The summed E-state index contributed by atoms with van der Waals surface area (Å²) in [6.07, 6.45) is 22.3. The van der Waals surface area contributed by atoms with Gasteiger partial charge in [0.15, 0.2) is 0 Å². The minimum Gasteiger partial charge on any atom is -0.0856 e. The summed E-state index contributed by atoms with van der Waals surface area (Å²) in [5.41, 5.74) is 1.56. The molecule has 0 aromatic carbocycles. The second-order valence-corrected chi connectivity index (χ2v) is 6.08. The van der Waals surface area contributed by atoms with Gasteiger partial charge in [-0.1, -0.05) is 96.1 Å². The van der Waals surface area contributed by atoms with Crippen LogP contribution in [0.2, 0.25) is 0 Å². The summed E-state index contributed by atoms with van der Waals surface area (Å²) >= 11 is 0. The van der Waals surface area contributed by atoms with Gasteiger partial charge in [0.1, 0.15) is 0 Å². The standard InChI is InChI=1S/C19H38/c1-4-6-7-8-9-10-11-12-13-14-15-16-17-18-19(3)5-2/h18H,4-17H2,1-3H3/b19-18+. The van der Waals surface area contributed by atoms with Crippen LogP contribution < -0.4 is 0 Å². The number of hydrogen-bond acceptors (Lipinski definition) is 0. The van der Waals surface area contributed by atoms with E-state index in [0.29, 0.717) is 0 Å². The molecule has 0 aromatic rings. The summed E-state index contributed by atoms with van der Waals surface area (Å²) < 4.78 is 0. The highest BCUT2D eigenvalue weighted by Gasteiger charge is 1.93. The number of rotatable bonds is 14. The molecule has 114 valence electrons. The summed E-state index contributed by atoms with van der Waals surface area (Å²) in [5, 5.41) is 0. The lowest BCUT2D eigenvalue weighted by atomic mass is 10.0. The van der Waals surface area contributed by atoms with Gasteiger partial charge in [0.25, 0.3) is 0 Å². The van der Waals surface area contributed by atoms with E-state index in [4.69, 9.17) is 0 Å². The molecule has 0 unspecified atom stereocenters. The van der Waals surface area contributed by atoms with Crippen molar-refractivity contribution in [3.63, 3.8) is 0 Å². The van der Waals surface area contributed by atoms with Crippen LogP contribution in [0.25, 0.3) is 0 Å². The Hall–Kier alpha value is -0.260. The SMILES string of the molecule is CCCCCCCCCCCCCC/C=C(\C)CC. The molecule has 0 N–H and O–H groups in total. The zero-order valence-electron chi connectivity index (χ0n) is 14.0. The predicted octanol–water partition coefficient (Wildman–Crippen LogP) is 7.43. The second kappa shape index (κ2) is 15.8. The lowest BCUT2D eigenvalue weighted by Gasteiger charge is -2.02. The van der Waals surface area contributed by atoms with E-state index in [1.807, 2.05) is 0 Å². The molecular weight excluding hydrogens is 228 g/mol. The Balaban J connectivity index is 3.03. The van der Waals surface area contributed by atoms with Gasteiger partial charge in [0.05, 0.1) is 0 Å². The minimum absolute atomic E-state index is 1.22. The van der Waals surface area contributed by atoms with Crippen LogP contribution in [0.3, 0.4) is 0 Å². The van der Waals surface area contributed by atoms with Crippen molar-refractivity contribution in [2.75, 3.05) is 0 Å².